The van der Waals surface area contributed by atoms with E-state index in [1.54, 1.807) is 12.1 Å². The van der Waals surface area contributed by atoms with Crippen LogP contribution in [0.15, 0.2) is 27.4 Å². The molecule has 4 rings (SSSR count). The molecule has 1 amide bonds. The van der Waals surface area contributed by atoms with E-state index in [0.717, 1.165) is 36.6 Å². The van der Waals surface area contributed by atoms with Gasteiger partial charge in [0.25, 0.3) is 0 Å². The number of benzene rings is 1. The summed E-state index contributed by atoms with van der Waals surface area (Å²) in [7, 11) is 0. The first-order valence-corrected chi connectivity index (χ1v) is 10.1. The van der Waals surface area contributed by atoms with Crippen molar-refractivity contribution < 1.29 is 19.4 Å². The van der Waals surface area contributed by atoms with Crippen LogP contribution in [-0.2, 0) is 11.2 Å². The first-order valence-electron chi connectivity index (χ1n) is 10.1. The molecular formula is C22H27NO5. The van der Waals surface area contributed by atoms with E-state index in [-0.39, 0.29) is 24.0 Å². The van der Waals surface area contributed by atoms with Crippen LogP contribution in [0.25, 0.3) is 11.0 Å². The normalized spacial score (nSPS) is 24.9. The number of rotatable bonds is 3. The molecule has 1 aliphatic carbocycles. The molecule has 2 aromatic rings. The number of aryl methyl sites for hydroxylation is 1. The average Bonchev–Trinajstić information content (AvgIpc) is 2.66. The molecule has 2 heterocycles. The summed E-state index contributed by atoms with van der Waals surface area (Å²) in [5.41, 5.74) is 0.599. The number of carbonyl (C=O) groups excluding carboxylic acids is 1. The first-order chi connectivity index (χ1) is 13.4. The van der Waals surface area contributed by atoms with Crippen LogP contribution < -0.4 is 5.63 Å². The van der Waals surface area contributed by atoms with Gasteiger partial charge in [-0.2, -0.15) is 0 Å². The zero-order valence-corrected chi connectivity index (χ0v) is 16.2. The highest BCUT2D eigenvalue weighted by atomic mass is 16.4. The Morgan fingerprint density at radius 1 is 1.32 bits per heavy atom. The van der Waals surface area contributed by atoms with Crippen LogP contribution in [0.3, 0.4) is 0 Å². The fourth-order valence-electron chi connectivity index (χ4n) is 4.86. The van der Waals surface area contributed by atoms with Gasteiger partial charge in [-0.25, -0.2) is 4.79 Å². The quantitative estimate of drug-likeness (QED) is 0.793. The van der Waals surface area contributed by atoms with Gasteiger partial charge in [0, 0.05) is 42.4 Å². The van der Waals surface area contributed by atoms with Gasteiger partial charge in [-0.05, 0) is 50.3 Å². The summed E-state index contributed by atoms with van der Waals surface area (Å²) in [5.74, 6) is 0.238. The summed E-state index contributed by atoms with van der Waals surface area (Å²) in [6.07, 6.45) is 5.21. The predicted octanol–water partition coefficient (Wildman–Crippen LogP) is 2.89. The molecule has 2 aliphatic rings. The lowest BCUT2D eigenvalue weighted by Crippen LogP contribution is -2.54. The standard InChI is InChI=1S/C22H27NO5/c1-14-17-6-5-16(24)12-19(17)28-21(26)18(14)7-8-20(25)23-11-10-22(27)9-3-2-4-15(22)13-23/h5-6,12,15,24,27H,2-4,7-11,13H2,1H3/t15-,22-/m0/s1. The molecule has 2 fully saturated rings. The van der Waals surface area contributed by atoms with E-state index >= 15 is 0 Å². The Labute approximate surface area is 163 Å². The van der Waals surface area contributed by atoms with Gasteiger partial charge in [-0.15, -0.1) is 0 Å². The van der Waals surface area contributed by atoms with E-state index in [0.29, 0.717) is 37.1 Å². The van der Waals surface area contributed by atoms with Crippen molar-refractivity contribution in [2.75, 3.05) is 13.1 Å². The molecule has 1 aliphatic heterocycles. The van der Waals surface area contributed by atoms with Crippen LogP contribution in [-0.4, -0.2) is 39.7 Å². The van der Waals surface area contributed by atoms with Crippen LogP contribution in [0.4, 0.5) is 0 Å². The molecule has 1 aromatic heterocycles. The van der Waals surface area contributed by atoms with Gasteiger partial charge < -0.3 is 19.5 Å². The topological polar surface area (TPSA) is 91.0 Å². The molecule has 2 N–H and O–H groups in total. The van der Waals surface area contributed by atoms with Crippen LogP contribution in [0.1, 0.15) is 49.7 Å². The zero-order chi connectivity index (χ0) is 19.9. The van der Waals surface area contributed by atoms with Gasteiger partial charge in [0.15, 0.2) is 0 Å². The Morgan fingerprint density at radius 3 is 2.96 bits per heavy atom. The van der Waals surface area contributed by atoms with Crippen LogP contribution >= 0.6 is 0 Å². The third-order valence-corrected chi connectivity index (χ3v) is 6.64. The van der Waals surface area contributed by atoms with Crippen molar-refractivity contribution >= 4 is 16.9 Å². The fraction of sp³-hybridized carbons (Fsp3) is 0.545. The maximum Gasteiger partial charge on any atom is 0.339 e. The van der Waals surface area contributed by atoms with Crippen LogP contribution in [0.5, 0.6) is 5.75 Å². The number of likely N-dealkylation sites (tertiary alicyclic amines) is 1. The molecule has 28 heavy (non-hydrogen) atoms. The van der Waals surface area contributed by atoms with Crippen LogP contribution in [0.2, 0.25) is 0 Å². The van der Waals surface area contributed by atoms with Gasteiger partial charge in [-0.3, -0.25) is 4.79 Å². The lowest BCUT2D eigenvalue weighted by molar-refractivity contribution is -0.143. The molecule has 150 valence electrons. The third-order valence-electron chi connectivity index (χ3n) is 6.64. The minimum absolute atomic E-state index is 0.0252. The number of amides is 1. The molecule has 0 radical (unpaired) electrons. The predicted molar refractivity (Wildman–Crippen MR) is 105 cm³/mol. The number of phenolic OH excluding ortho intramolecular Hbond substituents is 1. The largest absolute Gasteiger partial charge is 0.508 e. The van der Waals surface area contributed by atoms with E-state index in [4.69, 9.17) is 4.42 Å². The van der Waals surface area contributed by atoms with Crippen molar-refractivity contribution in [1.82, 2.24) is 4.90 Å². The number of phenols is 1. The smallest absolute Gasteiger partial charge is 0.339 e. The summed E-state index contributed by atoms with van der Waals surface area (Å²) < 4.78 is 5.34. The van der Waals surface area contributed by atoms with Gasteiger partial charge in [0.2, 0.25) is 5.91 Å². The molecule has 0 spiro atoms. The van der Waals surface area contributed by atoms with E-state index in [9.17, 15) is 19.8 Å². The van der Waals surface area contributed by atoms with Gasteiger partial charge in [-0.1, -0.05) is 12.8 Å². The minimum Gasteiger partial charge on any atom is -0.508 e. The molecule has 2 atom stereocenters. The van der Waals surface area contributed by atoms with Crippen LogP contribution in [0, 0.1) is 12.8 Å². The Kier molecular flexibility index (Phi) is 4.91. The van der Waals surface area contributed by atoms with Crippen molar-refractivity contribution in [3.8, 4) is 5.75 Å². The summed E-state index contributed by atoms with van der Waals surface area (Å²) in [6, 6.07) is 4.71. The Bertz CT molecular complexity index is 965. The number of nitrogens with zero attached hydrogens (tertiary/aromatic N) is 1. The molecule has 6 heteroatoms. The Hall–Kier alpha value is -2.34. The average molecular weight is 385 g/mol. The number of hydrogen-bond acceptors (Lipinski definition) is 5. The maximum atomic E-state index is 12.8. The second-order valence-corrected chi connectivity index (χ2v) is 8.31. The number of piperidine rings is 1. The highest BCUT2D eigenvalue weighted by Gasteiger charge is 2.43. The number of aliphatic hydroxyl groups is 1. The number of fused-ring (bicyclic) bond motifs is 2. The molecular weight excluding hydrogens is 358 g/mol. The Balaban J connectivity index is 1.47. The number of hydrogen-bond donors (Lipinski definition) is 2. The van der Waals surface area contributed by atoms with Gasteiger partial charge >= 0.3 is 5.63 Å². The first kappa shape index (κ1) is 19.0. The summed E-state index contributed by atoms with van der Waals surface area (Å²) in [4.78, 5) is 27.0. The number of carbonyl (C=O) groups is 1. The van der Waals surface area contributed by atoms with E-state index in [1.165, 1.54) is 6.07 Å². The highest BCUT2D eigenvalue weighted by Crippen LogP contribution is 2.39. The van der Waals surface area contributed by atoms with Crippen molar-refractivity contribution in [2.45, 2.75) is 57.5 Å². The maximum absolute atomic E-state index is 12.8. The second kappa shape index (κ2) is 7.24. The van der Waals surface area contributed by atoms with Gasteiger partial charge in [0.05, 0.1) is 5.60 Å². The summed E-state index contributed by atoms with van der Waals surface area (Å²) >= 11 is 0. The molecule has 6 nitrogen and oxygen atoms in total. The number of aromatic hydroxyl groups is 1. The fourth-order valence-corrected chi connectivity index (χ4v) is 4.86. The molecule has 1 aromatic carbocycles. The van der Waals surface area contributed by atoms with Crippen molar-refractivity contribution in [3.05, 3.63) is 39.7 Å². The minimum atomic E-state index is -0.601. The van der Waals surface area contributed by atoms with Crippen molar-refractivity contribution in [3.63, 3.8) is 0 Å². The monoisotopic (exact) mass is 385 g/mol. The summed E-state index contributed by atoms with van der Waals surface area (Å²) in [6.45, 7) is 3.04. The highest BCUT2D eigenvalue weighted by molar-refractivity contribution is 5.82. The molecule has 0 bridgehead atoms. The van der Waals surface area contributed by atoms with Gasteiger partial charge in [0.1, 0.15) is 11.3 Å². The second-order valence-electron chi connectivity index (χ2n) is 8.31. The summed E-state index contributed by atoms with van der Waals surface area (Å²) in [5, 5.41) is 21.1. The molecule has 1 saturated carbocycles. The van der Waals surface area contributed by atoms with E-state index in [1.807, 2.05) is 11.8 Å². The van der Waals surface area contributed by atoms with E-state index in [2.05, 4.69) is 0 Å². The SMILES string of the molecule is Cc1c(CCC(=O)N2CC[C@@]3(O)CCCC[C@H]3C2)c(=O)oc2cc(O)ccc12. The van der Waals surface area contributed by atoms with E-state index < -0.39 is 11.2 Å². The lowest BCUT2D eigenvalue weighted by Gasteiger charge is -2.47. The van der Waals surface area contributed by atoms with Crippen molar-refractivity contribution in [1.29, 1.82) is 0 Å². The molecule has 1 saturated heterocycles. The third kappa shape index (κ3) is 3.41. The zero-order valence-electron chi connectivity index (χ0n) is 16.2. The van der Waals surface area contributed by atoms with Crippen molar-refractivity contribution in [2.24, 2.45) is 5.92 Å². The Morgan fingerprint density at radius 2 is 2.14 bits per heavy atom. The lowest BCUT2D eigenvalue weighted by atomic mass is 9.71. The molecule has 0 unspecified atom stereocenters.